The number of carbonyl (C=O) groups excluding carboxylic acids is 2. The van der Waals surface area contributed by atoms with Crippen molar-refractivity contribution in [3.8, 4) is 5.75 Å². The highest BCUT2D eigenvalue weighted by molar-refractivity contribution is 5.94. The predicted octanol–water partition coefficient (Wildman–Crippen LogP) is 1.87. The maximum absolute atomic E-state index is 12.8. The van der Waals surface area contributed by atoms with Crippen LogP contribution < -0.4 is 4.74 Å². The maximum Gasteiger partial charge on any atom is 0.306 e. The molecule has 3 rings (SSSR count). The number of carboxylic acid groups (broad SMARTS) is 1. The fraction of sp³-hybridized carbons (Fsp3) is 0.550. The van der Waals surface area contributed by atoms with Crippen LogP contribution in [0.5, 0.6) is 5.75 Å². The van der Waals surface area contributed by atoms with Gasteiger partial charge in [-0.2, -0.15) is 0 Å². The van der Waals surface area contributed by atoms with Gasteiger partial charge in [0.15, 0.2) is 0 Å². The molecule has 2 amide bonds. The summed E-state index contributed by atoms with van der Waals surface area (Å²) in [5.41, 5.74) is 0.604. The van der Waals surface area contributed by atoms with Crippen molar-refractivity contribution < 1.29 is 24.2 Å². The lowest BCUT2D eigenvalue weighted by molar-refractivity contribution is -0.146. The lowest BCUT2D eigenvalue weighted by Gasteiger charge is -2.37. The van der Waals surface area contributed by atoms with E-state index in [1.54, 1.807) is 41.2 Å². The molecule has 1 aromatic carbocycles. The number of piperazine rings is 1. The van der Waals surface area contributed by atoms with Crippen LogP contribution in [0.1, 0.15) is 36.0 Å². The highest BCUT2D eigenvalue weighted by atomic mass is 16.5. The number of carboxylic acids is 1. The van der Waals surface area contributed by atoms with Crippen molar-refractivity contribution in [1.29, 1.82) is 0 Å². The Morgan fingerprint density at radius 3 is 2.15 bits per heavy atom. The lowest BCUT2D eigenvalue weighted by atomic mass is 9.80. The largest absolute Gasteiger partial charge is 0.497 e. The van der Waals surface area contributed by atoms with Gasteiger partial charge >= 0.3 is 5.97 Å². The molecule has 27 heavy (non-hydrogen) atoms. The van der Waals surface area contributed by atoms with Crippen LogP contribution in [0.4, 0.5) is 0 Å². The van der Waals surface area contributed by atoms with Gasteiger partial charge in [0, 0.05) is 37.7 Å². The third-order valence-electron chi connectivity index (χ3n) is 5.59. The highest BCUT2D eigenvalue weighted by Crippen LogP contribution is 2.31. The minimum Gasteiger partial charge on any atom is -0.497 e. The molecule has 0 bridgehead atoms. The first-order valence-electron chi connectivity index (χ1n) is 9.44. The van der Waals surface area contributed by atoms with Crippen LogP contribution in [0, 0.1) is 11.8 Å². The molecule has 1 aromatic rings. The normalized spacial score (nSPS) is 23.0. The summed E-state index contributed by atoms with van der Waals surface area (Å²) >= 11 is 0. The summed E-state index contributed by atoms with van der Waals surface area (Å²) in [6, 6.07) is 7.00. The second kappa shape index (κ2) is 8.41. The van der Waals surface area contributed by atoms with Crippen molar-refractivity contribution in [2.45, 2.75) is 25.7 Å². The first-order chi connectivity index (χ1) is 13.0. The minimum atomic E-state index is -0.803. The van der Waals surface area contributed by atoms with Crippen LogP contribution in [0.15, 0.2) is 24.3 Å². The molecule has 0 radical (unpaired) electrons. The quantitative estimate of drug-likeness (QED) is 0.869. The second-order valence-electron chi connectivity index (χ2n) is 7.24. The summed E-state index contributed by atoms with van der Waals surface area (Å²) in [6.07, 6.45) is 2.62. The molecule has 2 unspecified atom stereocenters. The molecule has 1 N–H and O–H groups in total. The van der Waals surface area contributed by atoms with Gasteiger partial charge in [0.1, 0.15) is 5.75 Å². The number of methoxy groups -OCH3 is 1. The Kier molecular flexibility index (Phi) is 5.98. The van der Waals surface area contributed by atoms with Crippen molar-refractivity contribution in [2.75, 3.05) is 33.3 Å². The van der Waals surface area contributed by atoms with Crippen LogP contribution in [-0.2, 0) is 9.59 Å². The summed E-state index contributed by atoms with van der Waals surface area (Å²) in [5.74, 6) is -0.725. The number of benzene rings is 1. The smallest absolute Gasteiger partial charge is 0.306 e. The Balaban J connectivity index is 1.54. The Labute approximate surface area is 158 Å². The fourth-order valence-corrected chi connectivity index (χ4v) is 3.94. The lowest BCUT2D eigenvalue weighted by Crippen LogP contribution is -2.52. The van der Waals surface area contributed by atoms with E-state index in [0.29, 0.717) is 50.3 Å². The summed E-state index contributed by atoms with van der Waals surface area (Å²) in [5, 5.41) is 9.21. The molecule has 1 saturated carbocycles. The predicted molar refractivity (Wildman–Crippen MR) is 98.6 cm³/mol. The monoisotopic (exact) mass is 374 g/mol. The van der Waals surface area contributed by atoms with Gasteiger partial charge in [-0.25, -0.2) is 0 Å². The van der Waals surface area contributed by atoms with Crippen LogP contribution in [0.2, 0.25) is 0 Å². The van der Waals surface area contributed by atoms with Crippen LogP contribution in [0.3, 0.4) is 0 Å². The molecule has 1 heterocycles. The summed E-state index contributed by atoms with van der Waals surface area (Å²) < 4.78 is 5.11. The molecular formula is C20H26N2O5. The minimum absolute atomic E-state index is 0.0393. The number of nitrogens with zero attached hydrogens (tertiary/aromatic N) is 2. The molecule has 2 fully saturated rings. The van der Waals surface area contributed by atoms with Gasteiger partial charge < -0.3 is 19.6 Å². The Bertz CT molecular complexity index is 695. The van der Waals surface area contributed by atoms with E-state index in [0.717, 1.165) is 12.8 Å². The second-order valence-corrected chi connectivity index (χ2v) is 7.24. The SMILES string of the molecule is COc1ccc(C(=O)N2CCN(C(=O)C3CCCC(C(=O)O)C3)CC2)cc1. The number of hydrogen-bond donors (Lipinski definition) is 1. The standard InChI is InChI=1S/C20H26N2O5/c1-27-17-7-5-14(6-8-17)18(23)21-9-11-22(12-10-21)19(24)15-3-2-4-16(13-15)20(25)26/h5-8,15-16H,2-4,9-13H2,1H3,(H,25,26). The van der Waals surface area contributed by atoms with Crippen LogP contribution in [0.25, 0.3) is 0 Å². The molecular weight excluding hydrogens is 348 g/mol. The van der Waals surface area contributed by atoms with E-state index < -0.39 is 11.9 Å². The summed E-state index contributed by atoms with van der Waals surface area (Å²) in [7, 11) is 1.58. The fourth-order valence-electron chi connectivity index (χ4n) is 3.94. The Morgan fingerprint density at radius 2 is 1.56 bits per heavy atom. The van der Waals surface area contributed by atoms with Crippen LogP contribution in [-0.4, -0.2) is 66.0 Å². The van der Waals surface area contributed by atoms with E-state index in [9.17, 15) is 19.5 Å². The average molecular weight is 374 g/mol. The van der Waals surface area contributed by atoms with Crippen molar-refractivity contribution in [3.63, 3.8) is 0 Å². The molecule has 7 heteroatoms. The average Bonchev–Trinajstić information content (AvgIpc) is 2.73. The number of ether oxygens (including phenoxy) is 1. The van der Waals surface area contributed by atoms with Gasteiger partial charge in [0.25, 0.3) is 5.91 Å². The van der Waals surface area contributed by atoms with E-state index in [4.69, 9.17) is 4.74 Å². The summed E-state index contributed by atoms with van der Waals surface area (Å²) in [4.78, 5) is 40.1. The molecule has 2 atom stereocenters. The third-order valence-corrected chi connectivity index (χ3v) is 5.59. The first kappa shape index (κ1) is 19.2. The van der Waals surface area contributed by atoms with Gasteiger partial charge in [-0.05, 0) is 43.5 Å². The molecule has 146 valence electrons. The van der Waals surface area contributed by atoms with Crippen molar-refractivity contribution in [2.24, 2.45) is 11.8 Å². The number of aliphatic carboxylic acids is 1. The molecule has 1 aliphatic carbocycles. The molecule has 1 aliphatic heterocycles. The number of hydrogen-bond acceptors (Lipinski definition) is 4. The van der Waals surface area contributed by atoms with Gasteiger partial charge in [-0.1, -0.05) is 6.42 Å². The number of rotatable bonds is 4. The molecule has 0 spiro atoms. The van der Waals surface area contributed by atoms with Crippen molar-refractivity contribution in [3.05, 3.63) is 29.8 Å². The molecule has 1 saturated heterocycles. The number of amides is 2. The topological polar surface area (TPSA) is 87.2 Å². The first-order valence-corrected chi connectivity index (χ1v) is 9.44. The van der Waals surface area contributed by atoms with Gasteiger partial charge in [-0.3, -0.25) is 14.4 Å². The van der Waals surface area contributed by atoms with Gasteiger partial charge in [0.2, 0.25) is 5.91 Å². The zero-order valence-corrected chi connectivity index (χ0v) is 15.6. The van der Waals surface area contributed by atoms with E-state index in [-0.39, 0.29) is 17.7 Å². The summed E-state index contributed by atoms with van der Waals surface area (Å²) in [6.45, 7) is 1.97. The van der Waals surface area contributed by atoms with E-state index >= 15 is 0 Å². The molecule has 7 nitrogen and oxygen atoms in total. The third kappa shape index (κ3) is 4.40. The van der Waals surface area contributed by atoms with E-state index in [1.165, 1.54) is 0 Å². The van der Waals surface area contributed by atoms with E-state index in [1.807, 2.05) is 0 Å². The van der Waals surface area contributed by atoms with Crippen LogP contribution >= 0.6 is 0 Å². The van der Waals surface area contributed by atoms with E-state index in [2.05, 4.69) is 0 Å². The Morgan fingerprint density at radius 1 is 0.963 bits per heavy atom. The maximum atomic E-state index is 12.8. The van der Waals surface area contributed by atoms with Gasteiger partial charge in [-0.15, -0.1) is 0 Å². The van der Waals surface area contributed by atoms with Crippen molar-refractivity contribution in [1.82, 2.24) is 9.80 Å². The Hall–Kier alpha value is -2.57. The van der Waals surface area contributed by atoms with Crippen molar-refractivity contribution >= 4 is 17.8 Å². The zero-order valence-electron chi connectivity index (χ0n) is 15.6. The zero-order chi connectivity index (χ0) is 19.4. The number of carbonyl (C=O) groups is 3. The molecule has 0 aromatic heterocycles. The molecule has 2 aliphatic rings. The highest BCUT2D eigenvalue weighted by Gasteiger charge is 2.34. The van der Waals surface area contributed by atoms with Gasteiger partial charge in [0.05, 0.1) is 13.0 Å².